The highest BCUT2D eigenvalue weighted by atomic mass is 16.6. The molecule has 0 bridgehead atoms. The van der Waals surface area contributed by atoms with Crippen LogP contribution in [0.1, 0.15) is 56.1 Å². The molecule has 0 amide bonds. The first-order valence-electron chi connectivity index (χ1n) is 10.4. The van der Waals surface area contributed by atoms with Gasteiger partial charge < -0.3 is 9.47 Å². The quantitative estimate of drug-likeness (QED) is 0.479. The van der Waals surface area contributed by atoms with E-state index in [1.54, 1.807) is 0 Å². The second-order valence-electron chi connectivity index (χ2n) is 6.57. The van der Waals surface area contributed by atoms with Gasteiger partial charge in [-0.05, 0) is 24.1 Å². The summed E-state index contributed by atoms with van der Waals surface area (Å²) in [6.07, 6.45) is 8.20. The highest BCUT2D eigenvalue weighted by Crippen LogP contribution is 2.54. The molecular weight excluding hydrogens is 360 g/mol. The summed E-state index contributed by atoms with van der Waals surface area (Å²) >= 11 is 0. The zero-order valence-corrected chi connectivity index (χ0v) is 17.7. The molecular formula is C26H28O3. The number of carbonyl (C=O) groups excluding carboxylic acids is 1. The number of rotatable bonds is 0. The molecule has 1 aliphatic carbocycles. The normalized spacial score (nSPS) is 22.7. The molecule has 0 saturated heterocycles. The molecule has 29 heavy (non-hydrogen) atoms. The van der Waals surface area contributed by atoms with Crippen LogP contribution in [-0.4, -0.2) is 5.97 Å². The van der Waals surface area contributed by atoms with Crippen LogP contribution >= 0.6 is 0 Å². The van der Waals surface area contributed by atoms with Gasteiger partial charge in [0.2, 0.25) is 0 Å². The van der Waals surface area contributed by atoms with Crippen molar-refractivity contribution in [1.82, 2.24) is 0 Å². The largest absolute Gasteiger partial charge is 0.456 e. The Morgan fingerprint density at radius 1 is 0.828 bits per heavy atom. The fraction of sp³-hybridized carbons (Fsp3) is 0.269. The van der Waals surface area contributed by atoms with Crippen LogP contribution in [0.5, 0.6) is 5.75 Å². The lowest BCUT2D eigenvalue weighted by atomic mass is 9.77. The van der Waals surface area contributed by atoms with Crippen molar-refractivity contribution in [3.63, 3.8) is 0 Å². The smallest absolute Gasteiger partial charge is 0.340 e. The number of para-hydroxylation sites is 1. The van der Waals surface area contributed by atoms with Gasteiger partial charge in [0.1, 0.15) is 11.5 Å². The van der Waals surface area contributed by atoms with E-state index in [9.17, 15) is 4.79 Å². The molecule has 5 rings (SSSR count). The summed E-state index contributed by atoms with van der Waals surface area (Å²) in [5.74, 6) is 1.43. The molecule has 1 spiro atoms. The third-order valence-corrected chi connectivity index (χ3v) is 5.02. The fourth-order valence-electron chi connectivity index (χ4n) is 3.83. The van der Waals surface area contributed by atoms with E-state index < -0.39 is 5.60 Å². The molecule has 2 heterocycles. The predicted molar refractivity (Wildman–Crippen MR) is 117 cm³/mol. The Morgan fingerprint density at radius 3 is 2.21 bits per heavy atom. The molecule has 150 valence electrons. The maximum atomic E-state index is 12.6. The van der Waals surface area contributed by atoms with Crippen LogP contribution in [0.2, 0.25) is 0 Å². The summed E-state index contributed by atoms with van der Waals surface area (Å²) in [6.45, 7) is 10.1. The molecule has 0 aromatic heterocycles. The molecule has 0 radical (unpaired) electrons. The SMILES string of the molecule is CC.CC.CC1C=CC2=C(C=C1)C1(OC(=O)c3ccccc31)c1ccccc1O2. The van der Waals surface area contributed by atoms with E-state index in [1.807, 2.05) is 88.4 Å². The zero-order chi connectivity index (χ0) is 21.0. The minimum Gasteiger partial charge on any atom is -0.456 e. The highest BCUT2D eigenvalue weighted by molar-refractivity contribution is 5.97. The van der Waals surface area contributed by atoms with Crippen molar-refractivity contribution in [2.24, 2.45) is 5.92 Å². The van der Waals surface area contributed by atoms with Gasteiger partial charge in [0.15, 0.2) is 5.60 Å². The molecule has 2 aromatic rings. The van der Waals surface area contributed by atoms with Crippen LogP contribution < -0.4 is 4.74 Å². The van der Waals surface area contributed by atoms with Gasteiger partial charge in [-0.1, -0.05) is 89.2 Å². The fourth-order valence-corrected chi connectivity index (χ4v) is 3.83. The minimum absolute atomic E-state index is 0.279. The summed E-state index contributed by atoms with van der Waals surface area (Å²) in [5.41, 5.74) is 2.25. The Hall–Kier alpha value is -3.07. The molecule has 2 atom stereocenters. The Balaban J connectivity index is 0.000000568. The van der Waals surface area contributed by atoms with Crippen molar-refractivity contribution in [2.75, 3.05) is 0 Å². The van der Waals surface area contributed by atoms with Crippen molar-refractivity contribution in [3.8, 4) is 5.75 Å². The molecule has 0 N–H and O–H groups in total. The van der Waals surface area contributed by atoms with Gasteiger partial charge in [0.25, 0.3) is 0 Å². The molecule has 2 aliphatic heterocycles. The van der Waals surface area contributed by atoms with Gasteiger partial charge in [0, 0.05) is 16.7 Å². The van der Waals surface area contributed by atoms with E-state index in [0.29, 0.717) is 5.56 Å². The van der Waals surface area contributed by atoms with Crippen molar-refractivity contribution >= 4 is 5.97 Å². The summed E-state index contributed by atoms with van der Waals surface area (Å²) in [6, 6.07) is 15.4. The molecule has 0 fully saturated rings. The maximum Gasteiger partial charge on any atom is 0.340 e. The van der Waals surface area contributed by atoms with Gasteiger partial charge in [0.05, 0.1) is 5.56 Å². The molecule has 2 aromatic carbocycles. The standard InChI is InChI=1S/C22H16O3.2C2H6/c1-14-10-12-18-20(13-11-14)24-19-9-5-4-8-17(19)22(18)16-7-3-2-6-15(16)21(23)25-22;2*1-2/h2-14H,1H3;2*1-2H3. The maximum absolute atomic E-state index is 12.6. The lowest BCUT2D eigenvalue weighted by Gasteiger charge is -2.36. The first-order chi connectivity index (χ1) is 14.2. The van der Waals surface area contributed by atoms with Crippen molar-refractivity contribution < 1.29 is 14.3 Å². The topological polar surface area (TPSA) is 35.5 Å². The third kappa shape index (κ3) is 3.21. The average molecular weight is 389 g/mol. The van der Waals surface area contributed by atoms with E-state index in [4.69, 9.17) is 9.47 Å². The number of esters is 1. The first-order valence-corrected chi connectivity index (χ1v) is 10.4. The first kappa shape index (κ1) is 20.7. The minimum atomic E-state index is -0.956. The van der Waals surface area contributed by atoms with E-state index >= 15 is 0 Å². The number of hydrogen-bond acceptors (Lipinski definition) is 3. The van der Waals surface area contributed by atoms with Crippen LogP contribution in [0, 0.1) is 5.92 Å². The molecule has 3 aliphatic rings. The molecule has 3 nitrogen and oxygen atoms in total. The van der Waals surface area contributed by atoms with E-state index in [1.165, 1.54) is 0 Å². The summed E-state index contributed by atoms with van der Waals surface area (Å²) in [4.78, 5) is 12.6. The highest BCUT2D eigenvalue weighted by Gasteiger charge is 2.53. The van der Waals surface area contributed by atoms with Gasteiger partial charge in [-0.25, -0.2) is 4.79 Å². The number of ether oxygens (including phenoxy) is 2. The van der Waals surface area contributed by atoms with Crippen molar-refractivity contribution in [3.05, 3.63) is 101 Å². The second-order valence-corrected chi connectivity index (χ2v) is 6.57. The van der Waals surface area contributed by atoms with Crippen LogP contribution in [0.4, 0.5) is 0 Å². The van der Waals surface area contributed by atoms with Crippen LogP contribution in [-0.2, 0) is 10.3 Å². The van der Waals surface area contributed by atoms with Crippen LogP contribution in [0.25, 0.3) is 0 Å². The Morgan fingerprint density at radius 2 is 1.45 bits per heavy atom. The number of hydrogen-bond donors (Lipinski definition) is 0. The van der Waals surface area contributed by atoms with E-state index in [-0.39, 0.29) is 11.9 Å². The molecule has 3 heteroatoms. The Bertz CT molecular complexity index is 997. The Kier molecular flexibility index (Phi) is 6.07. The van der Waals surface area contributed by atoms with Gasteiger partial charge in [-0.3, -0.25) is 0 Å². The van der Waals surface area contributed by atoms with E-state index in [2.05, 4.69) is 19.1 Å². The summed E-state index contributed by atoms with van der Waals surface area (Å²) in [5, 5.41) is 0. The van der Waals surface area contributed by atoms with Gasteiger partial charge in [-0.2, -0.15) is 0 Å². The summed E-state index contributed by atoms with van der Waals surface area (Å²) in [7, 11) is 0. The summed E-state index contributed by atoms with van der Waals surface area (Å²) < 4.78 is 12.2. The van der Waals surface area contributed by atoms with Gasteiger partial charge >= 0.3 is 5.97 Å². The molecule has 0 saturated carbocycles. The third-order valence-electron chi connectivity index (χ3n) is 5.02. The second kappa shape index (κ2) is 8.52. The monoisotopic (exact) mass is 388 g/mol. The number of allylic oxidation sites excluding steroid dienone is 3. The lowest BCUT2D eigenvalue weighted by Crippen LogP contribution is -2.34. The predicted octanol–water partition coefficient (Wildman–Crippen LogP) is 6.56. The molecule has 2 unspecified atom stereocenters. The van der Waals surface area contributed by atoms with E-state index in [0.717, 1.165) is 28.2 Å². The van der Waals surface area contributed by atoms with Crippen LogP contribution in [0.15, 0.2) is 84.2 Å². The number of benzene rings is 2. The van der Waals surface area contributed by atoms with Crippen LogP contribution in [0.3, 0.4) is 0 Å². The average Bonchev–Trinajstić information content (AvgIpc) is 2.93. The number of fused-ring (bicyclic) bond motifs is 5. The lowest BCUT2D eigenvalue weighted by molar-refractivity contribution is 0.0217. The zero-order valence-electron chi connectivity index (χ0n) is 17.7. The van der Waals surface area contributed by atoms with Crippen molar-refractivity contribution in [2.45, 2.75) is 40.2 Å². The Labute approximate surface area is 173 Å². The van der Waals surface area contributed by atoms with Crippen molar-refractivity contribution in [1.29, 1.82) is 0 Å². The van der Waals surface area contributed by atoms with Gasteiger partial charge in [-0.15, -0.1) is 0 Å². The number of carbonyl (C=O) groups is 1.